The van der Waals surface area contributed by atoms with Crippen LogP contribution in [0, 0.1) is 0 Å². The number of hydrogen-bond acceptors (Lipinski definition) is 7. The Morgan fingerprint density at radius 1 is 1.31 bits per heavy atom. The summed E-state index contributed by atoms with van der Waals surface area (Å²) in [5.41, 5.74) is 1.24. The maximum atomic E-state index is 12.8. The van der Waals surface area contributed by atoms with E-state index in [1.165, 1.54) is 18.3 Å². The Bertz CT molecular complexity index is 966. The molecule has 29 heavy (non-hydrogen) atoms. The van der Waals surface area contributed by atoms with E-state index in [-0.39, 0.29) is 24.5 Å². The molecule has 1 unspecified atom stereocenters. The molecule has 3 heterocycles. The van der Waals surface area contributed by atoms with Crippen molar-refractivity contribution >= 4 is 23.1 Å². The van der Waals surface area contributed by atoms with Crippen molar-refractivity contribution in [2.45, 2.75) is 6.04 Å². The number of furan rings is 1. The highest BCUT2D eigenvalue weighted by molar-refractivity contribution is 6.46. The number of amides is 1. The van der Waals surface area contributed by atoms with E-state index in [1.54, 1.807) is 30.3 Å². The van der Waals surface area contributed by atoms with E-state index in [2.05, 4.69) is 0 Å². The summed E-state index contributed by atoms with van der Waals surface area (Å²) in [7, 11) is 3.45. The quantitative estimate of drug-likeness (QED) is 0.469. The minimum atomic E-state index is -0.815. The van der Waals surface area contributed by atoms with Gasteiger partial charge in [0.1, 0.15) is 29.9 Å². The van der Waals surface area contributed by atoms with E-state index in [0.29, 0.717) is 30.2 Å². The number of likely N-dealkylation sites (tertiary alicyclic amines) is 1. The first-order valence-corrected chi connectivity index (χ1v) is 9.32. The molecule has 8 nitrogen and oxygen atoms in total. The molecule has 152 valence electrons. The van der Waals surface area contributed by atoms with Crippen LogP contribution in [0.2, 0.25) is 0 Å². The number of methoxy groups -OCH3 is 1. The fourth-order valence-corrected chi connectivity index (χ4v) is 3.70. The molecule has 0 aliphatic carbocycles. The molecule has 4 rings (SSSR count). The maximum absolute atomic E-state index is 12.8. The van der Waals surface area contributed by atoms with E-state index >= 15 is 0 Å². The first-order chi connectivity index (χ1) is 14.0. The molecule has 1 atom stereocenters. The first kappa shape index (κ1) is 19.1. The zero-order valence-electron chi connectivity index (χ0n) is 16.3. The van der Waals surface area contributed by atoms with Crippen LogP contribution in [-0.4, -0.2) is 62.2 Å². The van der Waals surface area contributed by atoms with Crippen molar-refractivity contribution in [2.24, 2.45) is 0 Å². The summed E-state index contributed by atoms with van der Waals surface area (Å²) in [5.74, 6) is -0.573. The molecule has 0 saturated carbocycles. The number of carbonyl (C=O) groups is 2. The lowest BCUT2D eigenvalue weighted by Crippen LogP contribution is -2.32. The van der Waals surface area contributed by atoms with E-state index in [9.17, 15) is 14.7 Å². The fourth-order valence-electron chi connectivity index (χ4n) is 3.70. The highest BCUT2D eigenvalue weighted by atomic mass is 16.5. The Morgan fingerprint density at radius 3 is 2.86 bits per heavy atom. The van der Waals surface area contributed by atoms with Gasteiger partial charge in [-0.15, -0.1) is 0 Å². The lowest BCUT2D eigenvalue weighted by atomic mass is 9.98. The molecule has 1 aromatic heterocycles. The number of ether oxygens (including phenoxy) is 2. The van der Waals surface area contributed by atoms with Gasteiger partial charge in [0.25, 0.3) is 11.7 Å². The molecule has 0 radical (unpaired) electrons. The predicted octanol–water partition coefficient (Wildman–Crippen LogP) is 2.18. The normalized spacial score (nSPS) is 20.7. The van der Waals surface area contributed by atoms with E-state index in [4.69, 9.17) is 13.9 Å². The van der Waals surface area contributed by atoms with Crippen molar-refractivity contribution < 1.29 is 28.6 Å². The average molecular weight is 398 g/mol. The van der Waals surface area contributed by atoms with Gasteiger partial charge in [0.2, 0.25) is 0 Å². The number of hydrogen-bond donors (Lipinski definition) is 1. The standard InChI is InChI=1S/C21H22N2O6/c1-22-7-11-29-15-6-5-13(12-14(15)22)19(24)17-18(16-4-3-9-28-16)23(8-10-27-2)21(26)20(17)25/h3-6,9,12,18,24H,7-8,10-11H2,1-2H3/b19-17-. The number of benzene rings is 1. The molecule has 8 heteroatoms. The Balaban J connectivity index is 1.82. The van der Waals surface area contributed by atoms with Gasteiger partial charge in [0, 0.05) is 26.3 Å². The van der Waals surface area contributed by atoms with Crippen LogP contribution in [0.15, 0.2) is 46.6 Å². The second-order valence-electron chi connectivity index (χ2n) is 6.95. The summed E-state index contributed by atoms with van der Waals surface area (Å²) in [4.78, 5) is 28.9. The zero-order chi connectivity index (χ0) is 20.5. The number of carbonyl (C=O) groups excluding carboxylic acids is 2. The van der Waals surface area contributed by atoms with Gasteiger partial charge in [-0.3, -0.25) is 9.59 Å². The summed E-state index contributed by atoms with van der Waals surface area (Å²) in [5, 5.41) is 11.1. The van der Waals surface area contributed by atoms with Gasteiger partial charge < -0.3 is 28.8 Å². The molecule has 1 amide bonds. The van der Waals surface area contributed by atoms with E-state index in [0.717, 1.165) is 5.69 Å². The Kier molecular flexibility index (Phi) is 5.02. The van der Waals surface area contributed by atoms with E-state index < -0.39 is 17.7 Å². The molecule has 1 N–H and O–H groups in total. The first-order valence-electron chi connectivity index (χ1n) is 9.32. The number of Topliss-reactive ketones (excluding diaryl/α,β-unsaturated/α-hetero) is 1. The van der Waals surface area contributed by atoms with Gasteiger partial charge >= 0.3 is 0 Å². The monoisotopic (exact) mass is 398 g/mol. The lowest BCUT2D eigenvalue weighted by Gasteiger charge is -2.28. The third kappa shape index (κ3) is 3.25. The second kappa shape index (κ2) is 7.63. The second-order valence-corrected chi connectivity index (χ2v) is 6.95. The van der Waals surface area contributed by atoms with Crippen LogP contribution in [0.25, 0.3) is 5.76 Å². The molecule has 2 aliphatic heterocycles. The zero-order valence-corrected chi connectivity index (χ0v) is 16.3. The number of nitrogens with zero attached hydrogens (tertiary/aromatic N) is 2. The highest BCUT2D eigenvalue weighted by Crippen LogP contribution is 2.41. The fraction of sp³-hybridized carbons (Fsp3) is 0.333. The summed E-state index contributed by atoms with van der Waals surface area (Å²) < 4.78 is 16.2. The number of aliphatic hydroxyl groups excluding tert-OH is 1. The maximum Gasteiger partial charge on any atom is 0.295 e. The van der Waals surface area contributed by atoms with Crippen molar-refractivity contribution in [2.75, 3.05) is 45.4 Å². The minimum absolute atomic E-state index is 0.000355. The van der Waals surface area contributed by atoms with Crippen molar-refractivity contribution in [3.63, 3.8) is 0 Å². The summed E-state index contributed by atoms with van der Waals surface area (Å²) in [6.45, 7) is 1.75. The molecule has 1 fully saturated rings. The molecule has 0 spiro atoms. The van der Waals surface area contributed by atoms with Gasteiger partial charge in [-0.25, -0.2) is 0 Å². The summed E-state index contributed by atoms with van der Waals surface area (Å²) in [6.07, 6.45) is 1.47. The summed E-state index contributed by atoms with van der Waals surface area (Å²) in [6, 6.07) is 7.73. The van der Waals surface area contributed by atoms with Gasteiger partial charge in [0.05, 0.1) is 30.7 Å². The van der Waals surface area contributed by atoms with Crippen LogP contribution in [0.1, 0.15) is 17.4 Å². The molecular formula is C21H22N2O6. The minimum Gasteiger partial charge on any atom is -0.507 e. The van der Waals surface area contributed by atoms with Crippen molar-refractivity contribution in [3.8, 4) is 5.75 Å². The molecule has 2 aliphatic rings. The number of fused-ring (bicyclic) bond motifs is 1. The van der Waals surface area contributed by atoms with Crippen LogP contribution in [0.4, 0.5) is 5.69 Å². The van der Waals surface area contributed by atoms with Crippen molar-refractivity contribution in [1.82, 2.24) is 4.90 Å². The highest BCUT2D eigenvalue weighted by Gasteiger charge is 2.47. The van der Waals surface area contributed by atoms with Gasteiger partial charge in [-0.1, -0.05) is 0 Å². The van der Waals surface area contributed by atoms with Crippen molar-refractivity contribution in [1.29, 1.82) is 0 Å². The predicted molar refractivity (Wildman–Crippen MR) is 105 cm³/mol. The SMILES string of the molecule is COCCN1C(=O)C(=O)/C(=C(\O)c2ccc3c(c2)N(C)CCO3)C1c1ccco1. The number of ketones is 1. The van der Waals surface area contributed by atoms with Gasteiger partial charge in [0.15, 0.2) is 0 Å². The van der Waals surface area contributed by atoms with Crippen LogP contribution in [0.3, 0.4) is 0 Å². The number of rotatable bonds is 5. The molecule has 0 bridgehead atoms. The Morgan fingerprint density at radius 2 is 2.14 bits per heavy atom. The number of anilines is 1. The van der Waals surface area contributed by atoms with Crippen molar-refractivity contribution in [3.05, 3.63) is 53.5 Å². The molecule has 2 aromatic rings. The van der Waals surface area contributed by atoms with Crippen LogP contribution < -0.4 is 9.64 Å². The largest absolute Gasteiger partial charge is 0.507 e. The van der Waals surface area contributed by atoms with Crippen LogP contribution in [-0.2, 0) is 14.3 Å². The number of aliphatic hydroxyl groups is 1. The third-order valence-electron chi connectivity index (χ3n) is 5.22. The van der Waals surface area contributed by atoms with Crippen LogP contribution >= 0.6 is 0 Å². The molecular weight excluding hydrogens is 376 g/mol. The van der Waals surface area contributed by atoms with Crippen LogP contribution in [0.5, 0.6) is 5.75 Å². The van der Waals surface area contributed by atoms with Gasteiger partial charge in [-0.05, 0) is 30.3 Å². The molecule has 1 saturated heterocycles. The van der Waals surface area contributed by atoms with E-state index in [1.807, 2.05) is 11.9 Å². The average Bonchev–Trinajstić information content (AvgIpc) is 3.34. The molecule has 1 aromatic carbocycles. The van der Waals surface area contributed by atoms with Gasteiger partial charge in [-0.2, -0.15) is 0 Å². The number of likely N-dealkylation sites (N-methyl/N-ethyl adjacent to an activating group) is 1. The Hall–Kier alpha value is -3.26. The third-order valence-corrected chi connectivity index (χ3v) is 5.22. The lowest BCUT2D eigenvalue weighted by molar-refractivity contribution is -0.140. The topological polar surface area (TPSA) is 92.5 Å². The summed E-state index contributed by atoms with van der Waals surface area (Å²) >= 11 is 0. The smallest absolute Gasteiger partial charge is 0.295 e. The Labute approximate surface area is 167 Å².